The van der Waals surface area contributed by atoms with Crippen LogP contribution in [0.25, 0.3) is 0 Å². The molecule has 0 atom stereocenters. The van der Waals surface area contributed by atoms with Crippen LogP contribution in [0.4, 0.5) is 0 Å². The van der Waals surface area contributed by atoms with E-state index in [-0.39, 0.29) is 0 Å². The van der Waals surface area contributed by atoms with Gasteiger partial charge in [0, 0.05) is 26.0 Å². The smallest absolute Gasteiger partial charge is 0.167 e. The van der Waals surface area contributed by atoms with Crippen LogP contribution in [-0.4, -0.2) is 30.8 Å². The highest BCUT2D eigenvalue weighted by atomic mass is 32.1. The Bertz CT molecular complexity index is 283. The average molecular weight is 201 g/mol. The number of thiol groups is 1. The molecule has 0 aliphatic heterocycles. The summed E-state index contributed by atoms with van der Waals surface area (Å²) in [5.74, 6) is 0. The van der Waals surface area contributed by atoms with Crippen LogP contribution in [0.1, 0.15) is 20.8 Å². The van der Waals surface area contributed by atoms with Crippen LogP contribution < -0.4 is 0 Å². The molecule has 0 spiro atoms. The molecule has 0 fully saturated rings. The molecule has 1 rings (SSSR count). The number of aromatic nitrogens is 1. The van der Waals surface area contributed by atoms with Crippen molar-refractivity contribution in [2.45, 2.75) is 0 Å². The predicted octanol–water partition coefficient (Wildman–Crippen LogP) is 1.07. The summed E-state index contributed by atoms with van der Waals surface area (Å²) in [5.41, 5.74) is 0.836. The van der Waals surface area contributed by atoms with Gasteiger partial charge in [-0.15, -0.1) is 0 Å². The number of aldehydes is 2. The van der Waals surface area contributed by atoms with Crippen LogP contribution in [0.5, 0.6) is 0 Å². The minimum atomic E-state index is 0.380. The van der Waals surface area contributed by atoms with E-state index in [2.05, 4.69) is 17.6 Å². The quantitative estimate of drug-likeness (QED) is 0.575. The maximum absolute atomic E-state index is 10.2. The number of carbonyl (C=O) groups excluding carboxylic acids is 2. The maximum atomic E-state index is 10.2. The molecule has 0 aromatic carbocycles. The first-order chi connectivity index (χ1) is 6.19. The molecule has 0 N–H and O–H groups in total. The highest BCUT2D eigenvalue weighted by Gasteiger charge is 1.99. The Morgan fingerprint density at radius 2 is 1.92 bits per heavy atom. The van der Waals surface area contributed by atoms with Crippen LogP contribution in [-0.2, 0) is 4.74 Å². The molecule has 0 bridgehead atoms. The third-order valence-electron chi connectivity index (χ3n) is 1.11. The first kappa shape index (κ1) is 11.9. The van der Waals surface area contributed by atoms with Gasteiger partial charge in [0.05, 0.1) is 5.69 Å². The molecule has 5 heteroatoms. The normalized spacial score (nSPS) is 8.54. The first-order valence-electron chi connectivity index (χ1n) is 3.41. The summed E-state index contributed by atoms with van der Waals surface area (Å²) in [6.45, 7) is 0. The fraction of sp³-hybridized carbons (Fsp3) is 0.250. The molecule has 0 aliphatic carbocycles. The van der Waals surface area contributed by atoms with E-state index in [0.717, 1.165) is 0 Å². The monoisotopic (exact) mass is 201 g/mol. The summed E-state index contributed by atoms with van der Waals surface area (Å²) in [5, 5.41) is 0. The van der Waals surface area contributed by atoms with Crippen LogP contribution in [0.15, 0.2) is 12.3 Å². The number of nitrogens with zero attached hydrogens (tertiary/aromatic N) is 1. The Kier molecular flexibility index (Phi) is 5.92. The standard InChI is InChI=1S/C6H5NO2S.C2H6O/c8-3-5-1-6(4-9)7(10)2-5;1-3-2/h1-4,10H;1-2H3. The second-order valence-corrected chi connectivity index (χ2v) is 2.62. The van der Waals surface area contributed by atoms with Crippen molar-refractivity contribution in [3.05, 3.63) is 23.5 Å². The first-order valence-corrected chi connectivity index (χ1v) is 3.81. The largest absolute Gasteiger partial charge is 0.388 e. The van der Waals surface area contributed by atoms with Crippen LogP contribution in [0, 0.1) is 0 Å². The number of methoxy groups -OCH3 is 1. The second-order valence-electron chi connectivity index (χ2n) is 2.19. The van der Waals surface area contributed by atoms with Gasteiger partial charge >= 0.3 is 0 Å². The molecule has 0 saturated heterocycles. The molecule has 4 nitrogen and oxygen atoms in total. The van der Waals surface area contributed by atoms with E-state index < -0.39 is 0 Å². The summed E-state index contributed by atoms with van der Waals surface area (Å²) in [6.07, 6.45) is 2.78. The number of hydrogen-bond acceptors (Lipinski definition) is 4. The van der Waals surface area contributed by atoms with E-state index >= 15 is 0 Å². The molecule has 0 amide bonds. The van der Waals surface area contributed by atoms with Crippen molar-refractivity contribution >= 4 is 25.4 Å². The molecule has 0 saturated carbocycles. The lowest BCUT2D eigenvalue weighted by Gasteiger charge is -1.86. The van der Waals surface area contributed by atoms with Crippen molar-refractivity contribution in [2.75, 3.05) is 14.2 Å². The van der Waals surface area contributed by atoms with Gasteiger partial charge in [-0.25, -0.2) is 0 Å². The van der Waals surface area contributed by atoms with E-state index in [0.29, 0.717) is 23.8 Å². The van der Waals surface area contributed by atoms with Gasteiger partial charge in [-0.3, -0.25) is 13.6 Å². The van der Waals surface area contributed by atoms with Crippen molar-refractivity contribution in [2.24, 2.45) is 0 Å². The molecule has 72 valence electrons. The van der Waals surface area contributed by atoms with Crippen molar-refractivity contribution in [3.63, 3.8) is 0 Å². The van der Waals surface area contributed by atoms with E-state index in [9.17, 15) is 9.59 Å². The van der Waals surface area contributed by atoms with Crippen molar-refractivity contribution in [3.8, 4) is 0 Å². The molecule has 0 aliphatic rings. The Morgan fingerprint density at radius 1 is 1.38 bits per heavy atom. The number of hydrogen-bond donors (Lipinski definition) is 1. The average Bonchev–Trinajstić information content (AvgIpc) is 2.47. The summed E-state index contributed by atoms with van der Waals surface area (Å²) in [4.78, 5) is 20.3. The zero-order chi connectivity index (χ0) is 10.3. The Balaban J connectivity index is 0.000000424. The minimum Gasteiger partial charge on any atom is -0.388 e. The topological polar surface area (TPSA) is 48.3 Å². The van der Waals surface area contributed by atoms with Gasteiger partial charge in [-0.1, -0.05) is 12.8 Å². The van der Waals surface area contributed by atoms with E-state index in [4.69, 9.17) is 0 Å². The Morgan fingerprint density at radius 3 is 2.15 bits per heavy atom. The minimum absolute atomic E-state index is 0.380. The summed E-state index contributed by atoms with van der Waals surface area (Å²) >= 11 is 3.88. The molecule has 1 heterocycles. The van der Waals surface area contributed by atoms with E-state index in [1.807, 2.05) is 0 Å². The fourth-order valence-electron chi connectivity index (χ4n) is 0.642. The molecule has 1 aromatic rings. The maximum Gasteiger partial charge on any atom is 0.167 e. The van der Waals surface area contributed by atoms with Crippen molar-refractivity contribution in [1.29, 1.82) is 0 Å². The van der Waals surface area contributed by atoms with Crippen molar-refractivity contribution in [1.82, 2.24) is 3.97 Å². The second kappa shape index (κ2) is 6.45. The molecule has 0 radical (unpaired) electrons. The lowest BCUT2D eigenvalue weighted by molar-refractivity contribution is 0.111. The summed E-state index contributed by atoms with van der Waals surface area (Å²) in [7, 11) is 3.25. The van der Waals surface area contributed by atoms with Crippen LogP contribution in [0.3, 0.4) is 0 Å². The third kappa shape index (κ3) is 3.91. The van der Waals surface area contributed by atoms with Crippen LogP contribution in [0.2, 0.25) is 0 Å². The fourth-order valence-corrected chi connectivity index (χ4v) is 0.881. The lowest BCUT2D eigenvalue weighted by Crippen LogP contribution is -1.83. The third-order valence-corrected chi connectivity index (χ3v) is 1.45. The lowest BCUT2D eigenvalue weighted by atomic mass is 10.3. The van der Waals surface area contributed by atoms with Gasteiger partial charge < -0.3 is 4.74 Å². The van der Waals surface area contributed by atoms with Gasteiger partial charge in [-0.2, -0.15) is 0 Å². The molecule has 1 aromatic heterocycles. The van der Waals surface area contributed by atoms with Crippen LogP contribution >= 0.6 is 12.8 Å². The van der Waals surface area contributed by atoms with Gasteiger partial charge in [-0.05, 0) is 6.07 Å². The zero-order valence-electron chi connectivity index (χ0n) is 7.43. The van der Waals surface area contributed by atoms with Gasteiger partial charge in [0.2, 0.25) is 0 Å². The SMILES string of the molecule is COC.O=Cc1cc(C=O)n(S)c1. The Labute approximate surface area is 82.0 Å². The number of rotatable bonds is 2. The molecule has 13 heavy (non-hydrogen) atoms. The number of carbonyl (C=O) groups is 2. The highest BCUT2D eigenvalue weighted by molar-refractivity contribution is 7.78. The Hall–Kier alpha value is -1.07. The molecule has 0 unspecified atom stereocenters. The summed E-state index contributed by atoms with van der Waals surface area (Å²) in [6, 6.07) is 1.47. The zero-order valence-corrected chi connectivity index (χ0v) is 8.32. The van der Waals surface area contributed by atoms with Gasteiger partial charge in [0.15, 0.2) is 12.6 Å². The predicted molar refractivity (Wildman–Crippen MR) is 52.5 cm³/mol. The highest BCUT2D eigenvalue weighted by Crippen LogP contribution is 2.04. The molecular formula is C8H11NO3S. The van der Waals surface area contributed by atoms with Gasteiger partial charge in [0.25, 0.3) is 0 Å². The van der Waals surface area contributed by atoms with E-state index in [1.165, 1.54) is 16.2 Å². The van der Waals surface area contributed by atoms with Crippen molar-refractivity contribution < 1.29 is 14.3 Å². The van der Waals surface area contributed by atoms with Gasteiger partial charge in [0.1, 0.15) is 0 Å². The molecular weight excluding hydrogens is 190 g/mol. The van der Waals surface area contributed by atoms with E-state index in [1.54, 1.807) is 14.2 Å². The number of ether oxygens (including phenoxy) is 1. The summed E-state index contributed by atoms with van der Waals surface area (Å²) < 4.78 is 5.55.